The molecular weight excluding hydrogens is 333 g/mol. The maximum atomic E-state index is 13.0. The third kappa shape index (κ3) is 5.87. The first-order chi connectivity index (χ1) is 9.08. The van der Waals surface area contributed by atoms with Gasteiger partial charge < -0.3 is 11.1 Å². The minimum Gasteiger partial charge on any atom is -0.325 e. The second-order valence-corrected chi connectivity index (χ2v) is 4.41. The summed E-state index contributed by atoms with van der Waals surface area (Å²) in [5, 5.41) is 2.59. The third-order valence-corrected chi connectivity index (χ3v) is 2.85. The number of halogens is 2. The van der Waals surface area contributed by atoms with Crippen LogP contribution in [0.15, 0.2) is 27.1 Å². The molecule has 0 spiro atoms. The number of nitrogens with one attached hydrogen (secondary N) is 1. The molecule has 0 saturated heterocycles. The molecule has 0 atom stereocenters. The Morgan fingerprint density at radius 2 is 2.21 bits per heavy atom. The van der Waals surface area contributed by atoms with Gasteiger partial charge in [-0.2, -0.15) is 0 Å². The number of carbonyl (C=O) groups excluding carboxylic acids is 1. The molecule has 0 aliphatic carbocycles. The first kappa shape index (κ1) is 17.6. The van der Waals surface area contributed by atoms with Crippen molar-refractivity contribution in [2.45, 2.75) is 0 Å². The Bertz CT molecular complexity index is 491. The number of anilines is 1. The van der Waals surface area contributed by atoms with Gasteiger partial charge in [-0.15, -0.1) is 12.8 Å². The lowest BCUT2D eigenvalue weighted by Crippen LogP contribution is -2.29. The number of nitrogens with two attached hydrogens (primary N) is 1. The fourth-order valence-electron chi connectivity index (χ4n) is 1.06. The Morgan fingerprint density at radius 3 is 2.68 bits per heavy atom. The molecule has 1 amide bonds. The van der Waals surface area contributed by atoms with Gasteiger partial charge in [0.15, 0.2) is 0 Å². The summed E-state index contributed by atoms with van der Waals surface area (Å²) >= 11 is 4.19. The van der Waals surface area contributed by atoms with E-state index in [0.29, 0.717) is 5.69 Å². The molecule has 0 heterocycles. The van der Waals surface area contributed by atoms with Crippen molar-refractivity contribution in [2.75, 3.05) is 18.1 Å². The number of carbonyl (C=O) groups is 1. The average Bonchev–Trinajstić information content (AvgIpc) is 2.42. The van der Waals surface area contributed by atoms with Gasteiger partial charge in [0.1, 0.15) is 11.5 Å². The van der Waals surface area contributed by atoms with Crippen molar-refractivity contribution in [2.24, 2.45) is 10.1 Å². The van der Waals surface area contributed by atoms with Crippen LogP contribution >= 0.6 is 27.9 Å². The van der Waals surface area contributed by atoms with E-state index < -0.39 is 0 Å². The average molecular weight is 346 g/mol. The molecule has 0 aliphatic rings. The highest BCUT2D eigenvalue weighted by Crippen LogP contribution is 2.19. The molecule has 3 N–H and O–H groups in total. The monoisotopic (exact) mass is 345 g/mol. The highest BCUT2D eigenvalue weighted by atomic mass is 79.9. The number of hydrogen-bond donors (Lipinski definition) is 2. The highest BCUT2D eigenvalue weighted by molar-refractivity contribution is 9.10. The predicted molar refractivity (Wildman–Crippen MR) is 82.6 cm³/mol. The number of nitrogens with zero attached hydrogens (tertiary/aromatic N) is 1. The van der Waals surface area contributed by atoms with Crippen molar-refractivity contribution in [3.8, 4) is 12.8 Å². The summed E-state index contributed by atoms with van der Waals surface area (Å²) in [6, 6.07) is 4.19. The van der Waals surface area contributed by atoms with E-state index in [9.17, 15) is 9.18 Å². The van der Waals surface area contributed by atoms with Crippen LogP contribution in [-0.2, 0) is 4.79 Å². The number of amides is 1. The molecule has 4 nitrogen and oxygen atoms in total. The van der Waals surface area contributed by atoms with Crippen molar-refractivity contribution in [1.29, 1.82) is 0 Å². The summed E-state index contributed by atoms with van der Waals surface area (Å²) in [5.74, 6) is -0.778. The highest BCUT2D eigenvalue weighted by Gasteiger charge is 2.10. The zero-order valence-corrected chi connectivity index (χ0v) is 12.6. The predicted octanol–water partition coefficient (Wildman–Crippen LogP) is 2.45. The van der Waals surface area contributed by atoms with Crippen molar-refractivity contribution < 1.29 is 9.18 Å². The molecular formula is C12H13BrFN3OS. The molecule has 0 aliphatic heterocycles. The largest absolute Gasteiger partial charge is 0.325 e. The van der Waals surface area contributed by atoms with Gasteiger partial charge >= 0.3 is 0 Å². The lowest BCUT2D eigenvalue weighted by Gasteiger charge is -2.06. The minimum absolute atomic E-state index is 0.0506. The van der Waals surface area contributed by atoms with Gasteiger partial charge in [0.25, 0.3) is 5.91 Å². The number of benzene rings is 1. The maximum absolute atomic E-state index is 13.0. The van der Waals surface area contributed by atoms with Gasteiger partial charge in [-0.3, -0.25) is 4.79 Å². The Morgan fingerprint density at radius 1 is 1.58 bits per heavy atom. The van der Waals surface area contributed by atoms with E-state index in [1.54, 1.807) is 6.26 Å². The van der Waals surface area contributed by atoms with E-state index >= 15 is 0 Å². The fraction of sp³-hybridized carbons (Fsp3) is 0.167. The second-order valence-electron chi connectivity index (χ2n) is 3.01. The molecule has 0 bridgehead atoms. The van der Waals surface area contributed by atoms with E-state index in [1.807, 2.05) is 0 Å². The van der Waals surface area contributed by atoms with Crippen molar-refractivity contribution in [3.63, 3.8) is 0 Å². The topological polar surface area (TPSA) is 67.5 Å². The van der Waals surface area contributed by atoms with E-state index in [2.05, 4.69) is 38.5 Å². The Balaban J connectivity index is 0.00000154. The lowest BCUT2D eigenvalue weighted by atomic mass is 10.3. The smallest absolute Gasteiger partial charge is 0.272 e. The second kappa shape index (κ2) is 9.55. The Hall–Kier alpha value is -1.36. The van der Waals surface area contributed by atoms with Crippen molar-refractivity contribution in [3.05, 3.63) is 28.5 Å². The van der Waals surface area contributed by atoms with Crippen LogP contribution in [0.4, 0.5) is 10.1 Å². The zero-order valence-electron chi connectivity index (χ0n) is 10.2. The van der Waals surface area contributed by atoms with Crippen LogP contribution < -0.4 is 11.1 Å². The van der Waals surface area contributed by atoms with Crippen LogP contribution in [-0.4, -0.2) is 24.4 Å². The van der Waals surface area contributed by atoms with E-state index in [4.69, 9.17) is 5.73 Å². The minimum atomic E-state index is -0.389. The number of hydrogen-bond acceptors (Lipinski definition) is 4. The molecule has 0 saturated carbocycles. The van der Waals surface area contributed by atoms with Gasteiger partial charge in [-0.05, 0) is 46.1 Å². The summed E-state index contributed by atoms with van der Waals surface area (Å²) in [6.45, 7) is 0.0506. The van der Waals surface area contributed by atoms with Crippen LogP contribution in [0.2, 0.25) is 0 Å². The van der Waals surface area contributed by atoms with Crippen LogP contribution in [0.1, 0.15) is 0 Å². The van der Waals surface area contributed by atoms with E-state index in [-0.39, 0.29) is 28.5 Å². The van der Waals surface area contributed by atoms with Gasteiger partial charge in [0, 0.05) is 18.5 Å². The van der Waals surface area contributed by atoms with Crippen molar-refractivity contribution >= 4 is 45.2 Å². The first-order valence-corrected chi connectivity index (χ1v) is 6.95. The first-order valence-electron chi connectivity index (χ1n) is 4.98. The van der Waals surface area contributed by atoms with E-state index in [0.717, 1.165) is 11.9 Å². The third-order valence-electron chi connectivity index (χ3n) is 1.83. The normalized spacial score (nSPS) is 10.3. The van der Waals surface area contributed by atoms with Crippen LogP contribution in [0.3, 0.4) is 0 Å². The molecule has 1 rings (SSSR count). The summed E-state index contributed by atoms with van der Waals surface area (Å²) in [5.41, 5.74) is 6.10. The van der Waals surface area contributed by atoms with Gasteiger partial charge in [0.05, 0.1) is 4.47 Å². The molecule has 1 aromatic carbocycles. The Kier molecular flexibility index (Phi) is 8.87. The fourth-order valence-corrected chi connectivity index (χ4v) is 1.82. The number of terminal acetylenes is 1. The molecule has 7 heteroatoms. The summed E-state index contributed by atoms with van der Waals surface area (Å²) in [6.07, 6.45) is 9.73. The standard InChI is InChI=1S/C10H11BrFN3OS.C2H2/c1-17-15-9(5-13)10(16)14-6-2-3-8(12)7(11)4-6;1-2/h2-4H,5,13H2,1H3,(H,14,16);1-2H/b15-9+;. The molecule has 1 aromatic rings. The summed E-state index contributed by atoms with van der Waals surface area (Å²) < 4.78 is 17.1. The van der Waals surface area contributed by atoms with Crippen LogP contribution in [0.25, 0.3) is 0 Å². The van der Waals surface area contributed by atoms with Crippen molar-refractivity contribution in [1.82, 2.24) is 0 Å². The number of rotatable bonds is 4. The van der Waals surface area contributed by atoms with Gasteiger partial charge in [-0.25, -0.2) is 8.79 Å². The molecule has 0 fully saturated rings. The summed E-state index contributed by atoms with van der Waals surface area (Å²) in [7, 11) is 0. The molecule has 0 aromatic heterocycles. The molecule has 0 unspecified atom stereocenters. The zero-order chi connectivity index (χ0) is 14.8. The van der Waals surface area contributed by atoms with Crippen LogP contribution in [0, 0.1) is 18.7 Å². The van der Waals surface area contributed by atoms with Gasteiger partial charge in [0.2, 0.25) is 0 Å². The van der Waals surface area contributed by atoms with Crippen LogP contribution in [0.5, 0.6) is 0 Å². The quantitative estimate of drug-likeness (QED) is 0.500. The summed E-state index contributed by atoms with van der Waals surface area (Å²) in [4.78, 5) is 11.7. The molecule has 19 heavy (non-hydrogen) atoms. The SMILES string of the molecule is C#C.CS/N=C(\CN)C(=O)Nc1ccc(F)c(Br)c1. The lowest BCUT2D eigenvalue weighted by molar-refractivity contribution is -0.110. The maximum Gasteiger partial charge on any atom is 0.272 e. The molecule has 102 valence electrons. The van der Waals surface area contributed by atoms with Gasteiger partial charge in [-0.1, -0.05) is 0 Å². The van der Waals surface area contributed by atoms with E-state index in [1.165, 1.54) is 18.2 Å². The Labute approximate surface area is 124 Å². The molecule has 0 radical (unpaired) electrons.